The van der Waals surface area contributed by atoms with Crippen LogP contribution in [0, 0.1) is 23.6 Å². The highest BCUT2D eigenvalue weighted by atomic mass is 19.1. The number of nitrogens with zero attached hydrogens (tertiary/aromatic N) is 4. The molecule has 38 heavy (non-hydrogen) atoms. The molecule has 2 bridgehead atoms. The number of amides is 1. The third-order valence-corrected chi connectivity index (χ3v) is 7.55. The van der Waals surface area contributed by atoms with Crippen LogP contribution < -0.4 is 16.0 Å². The highest BCUT2D eigenvalue weighted by Gasteiger charge is 2.49. The molecule has 0 aliphatic heterocycles. The lowest BCUT2D eigenvalue weighted by atomic mass is 9.88. The minimum Gasteiger partial charge on any atom is -0.363 e. The zero-order chi connectivity index (χ0) is 26.8. The van der Waals surface area contributed by atoms with Crippen molar-refractivity contribution in [2.75, 3.05) is 31.3 Å². The van der Waals surface area contributed by atoms with Gasteiger partial charge in [-0.15, -0.1) is 0 Å². The number of halogens is 1. The number of anilines is 3. The second-order valence-corrected chi connectivity index (χ2v) is 10.5. The number of hydrogen-bond acceptors (Lipinski definition) is 6. The molecule has 8 nitrogen and oxygen atoms in total. The molecular formula is C29H38FN7O. The minimum absolute atomic E-state index is 0.0604. The molecule has 1 amide bonds. The number of allylic oxidation sites excluding steroid dienone is 1. The lowest BCUT2D eigenvalue weighted by molar-refractivity contribution is -0.126. The molecule has 4 atom stereocenters. The van der Waals surface area contributed by atoms with E-state index in [0.717, 1.165) is 48.9 Å². The number of hydrogen-bond donors (Lipinski definition) is 3. The average Bonchev–Trinajstić information content (AvgIpc) is 3.31. The van der Waals surface area contributed by atoms with E-state index >= 15 is 0 Å². The molecule has 9 heteroatoms. The Labute approximate surface area is 223 Å². The van der Waals surface area contributed by atoms with Gasteiger partial charge in [0.15, 0.2) is 11.6 Å². The van der Waals surface area contributed by atoms with Crippen molar-refractivity contribution in [3.63, 3.8) is 0 Å². The summed E-state index contributed by atoms with van der Waals surface area (Å²) >= 11 is 0. The van der Waals surface area contributed by atoms with Crippen LogP contribution in [0.5, 0.6) is 0 Å². The monoisotopic (exact) mass is 519 g/mol. The number of rotatable bonds is 9. The molecule has 0 spiro atoms. The molecule has 202 valence electrons. The average molecular weight is 520 g/mol. The van der Waals surface area contributed by atoms with Crippen LogP contribution in [0.25, 0.3) is 10.9 Å². The number of aromatic nitrogens is 3. The Balaban J connectivity index is 0.00000144. The molecule has 4 unspecified atom stereocenters. The normalized spacial score (nSPS) is 23.4. The number of nitrogens with one attached hydrogen (secondary N) is 3. The van der Waals surface area contributed by atoms with Crippen molar-refractivity contribution in [2.45, 2.75) is 51.7 Å². The van der Waals surface area contributed by atoms with Crippen molar-refractivity contribution in [3.05, 3.63) is 54.6 Å². The van der Waals surface area contributed by atoms with Gasteiger partial charge in [-0.3, -0.25) is 4.79 Å². The van der Waals surface area contributed by atoms with Gasteiger partial charge in [-0.1, -0.05) is 32.1 Å². The van der Waals surface area contributed by atoms with Crippen molar-refractivity contribution in [2.24, 2.45) is 17.8 Å². The molecule has 3 N–H and O–H groups in total. The number of carbonyl (C=O) groups excluding carboxylic acids is 1. The Morgan fingerprint density at radius 2 is 1.95 bits per heavy atom. The third kappa shape index (κ3) is 5.53. The van der Waals surface area contributed by atoms with Crippen LogP contribution >= 0.6 is 0 Å². The lowest BCUT2D eigenvalue weighted by Gasteiger charge is -2.28. The summed E-state index contributed by atoms with van der Waals surface area (Å²) < 4.78 is 17.0. The van der Waals surface area contributed by atoms with Gasteiger partial charge in [-0.05, 0) is 68.8 Å². The maximum atomic E-state index is 14.8. The Morgan fingerprint density at radius 1 is 1.16 bits per heavy atom. The first kappa shape index (κ1) is 26.2. The van der Waals surface area contributed by atoms with Gasteiger partial charge in [0.25, 0.3) is 0 Å². The van der Waals surface area contributed by atoms with E-state index in [1.54, 1.807) is 0 Å². The zero-order valence-corrected chi connectivity index (χ0v) is 22.6. The minimum atomic E-state index is -0.526. The molecule has 2 saturated carbocycles. The molecule has 2 aromatic heterocycles. The number of benzene rings is 1. The van der Waals surface area contributed by atoms with E-state index in [4.69, 9.17) is 0 Å². The molecule has 2 heterocycles. The predicted octanol–water partition coefficient (Wildman–Crippen LogP) is 4.78. The first-order chi connectivity index (χ1) is 18.4. The highest BCUT2D eigenvalue weighted by molar-refractivity contribution is 5.84. The molecule has 0 saturated heterocycles. The van der Waals surface area contributed by atoms with E-state index < -0.39 is 5.82 Å². The molecule has 3 aliphatic carbocycles. The van der Waals surface area contributed by atoms with E-state index in [0.29, 0.717) is 12.0 Å². The van der Waals surface area contributed by atoms with E-state index in [1.165, 1.54) is 6.20 Å². The Bertz CT molecular complexity index is 1320. The van der Waals surface area contributed by atoms with Crippen molar-refractivity contribution in [1.29, 1.82) is 0 Å². The third-order valence-electron chi connectivity index (χ3n) is 7.55. The summed E-state index contributed by atoms with van der Waals surface area (Å²) in [6.07, 6.45) is 10.5. The predicted molar refractivity (Wildman–Crippen MR) is 150 cm³/mol. The molecule has 2 fully saturated rings. The second-order valence-electron chi connectivity index (χ2n) is 10.5. The van der Waals surface area contributed by atoms with E-state index in [2.05, 4.69) is 86.0 Å². The van der Waals surface area contributed by atoms with Gasteiger partial charge in [0.2, 0.25) is 11.9 Å². The van der Waals surface area contributed by atoms with E-state index in [-0.39, 0.29) is 35.5 Å². The van der Waals surface area contributed by atoms with Gasteiger partial charge in [0.05, 0.1) is 17.6 Å². The molecule has 6 rings (SSSR count). The van der Waals surface area contributed by atoms with Crippen molar-refractivity contribution in [1.82, 2.24) is 24.8 Å². The fourth-order valence-corrected chi connectivity index (χ4v) is 5.48. The Morgan fingerprint density at radius 3 is 2.71 bits per heavy atom. The maximum Gasteiger partial charge on any atom is 0.229 e. The van der Waals surface area contributed by atoms with Crippen molar-refractivity contribution >= 4 is 34.3 Å². The van der Waals surface area contributed by atoms with Gasteiger partial charge < -0.3 is 25.4 Å². The fourth-order valence-electron chi connectivity index (χ4n) is 5.48. The Kier molecular flexibility index (Phi) is 7.65. The largest absolute Gasteiger partial charge is 0.363 e. The standard InChI is InChI=1S/C27H32FN7O.C2H6/c1-34(2)11-12-35-10-9-16-5-6-20(14-22(16)35)31-27-29-15-21(28)25(33-27)32-24-18-4-3-17(13-18)23(24)26(36)30-19-7-8-19;1-2/h3-6,9-10,14-15,17-19,23-24H,7-8,11-13H2,1-2H3,(H,30,36)(H2,29,31,32,33);1-2H3. The summed E-state index contributed by atoms with van der Waals surface area (Å²) in [4.78, 5) is 23.7. The van der Waals surface area contributed by atoms with Crippen LogP contribution in [0.2, 0.25) is 0 Å². The van der Waals surface area contributed by atoms with E-state index in [9.17, 15) is 9.18 Å². The molecule has 3 aromatic rings. The number of likely N-dealkylation sites (N-methyl/N-ethyl adjacent to an activating group) is 1. The van der Waals surface area contributed by atoms with Gasteiger partial charge in [0, 0.05) is 37.1 Å². The summed E-state index contributed by atoms with van der Waals surface area (Å²) in [5, 5.41) is 10.8. The first-order valence-electron chi connectivity index (χ1n) is 13.7. The fraction of sp³-hybridized carbons (Fsp3) is 0.483. The van der Waals surface area contributed by atoms with Crippen molar-refractivity contribution in [3.8, 4) is 0 Å². The van der Waals surface area contributed by atoms with Gasteiger partial charge in [-0.25, -0.2) is 9.37 Å². The molecular weight excluding hydrogens is 481 g/mol. The quantitative estimate of drug-likeness (QED) is 0.353. The molecule has 0 radical (unpaired) electrons. The molecule has 3 aliphatic rings. The summed E-state index contributed by atoms with van der Waals surface area (Å²) in [5.74, 6) is 0.119. The SMILES string of the molecule is CC.CN(C)CCn1ccc2ccc(Nc3ncc(F)c(NC4C5C=CC(C5)C4C(=O)NC4CC4)n3)cc21. The number of fused-ring (bicyclic) bond motifs is 3. The van der Waals surface area contributed by atoms with Crippen LogP contribution in [0.4, 0.5) is 21.8 Å². The summed E-state index contributed by atoms with van der Waals surface area (Å²) in [5.41, 5.74) is 1.94. The van der Waals surface area contributed by atoms with Gasteiger partial charge >= 0.3 is 0 Å². The smallest absolute Gasteiger partial charge is 0.229 e. The number of carbonyl (C=O) groups is 1. The van der Waals surface area contributed by atoms with Crippen LogP contribution in [-0.4, -0.2) is 58.1 Å². The Hall–Kier alpha value is -3.46. The van der Waals surface area contributed by atoms with Gasteiger partial charge in [-0.2, -0.15) is 4.98 Å². The van der Waals surface area contributed by atoms with Crippen LogP contribution in [-0.2, 0) is 11.3 Å². The van der Waals surface area contributed by atoms with Crippen molar-refractivity contribution < 1.29 is 9.18 Å². The highest BCUT2D eigenvalue weighted by Crippen LogP contribution is 2.45. The van der Waals surface area contributed by atoms with Gasteiger partial charge in [0.1, 0.15) is 0 Å². The maximum absolute atomic E-state index is 14.8. The van der Waals surface area contributed by atoms with Crippen LogP contribution in [0.3, 0.4) is 0 Å². The topological polar surface area (TPSA) is 87.1 Å². The second kappa shape index (κ2) is 11.1. The lowest BCUT2D eigenvalue weighted by Crippen LogP contribution is -2.44. The van der Waals surface area contributed by atoms with Crippen LogP contribution in [0.1, 0.15) is 33.1 Å². The summed E-state index contributed by atoms with van der Waals surface area (Å²) in [6, 6.07) is 8.30. The summed E-state index contributed by atoms with van der Waals surface area (Å²) in [6.45, 7) is 5.82. The summed E-state index contributed by atoms with van der Waals surface area (Å²) in [7, 11) is 4.12. The zero-order valence-electron chi connectivity index (χ0n) is 22.6. The van der Waals surface area contributed by atoms with Crippen LogP contribution in [0.15, 0.2) is 48.8 Å². The van der Waals surface area contributed by atoms with E-state index in [1.807, 2.05) is 19.9 Å². The molecule has 1 aromatic carbocycles. The first-order valence-corrected chi connectivity index (χ1v) is 13.7.